The van der Waals surface area contributed by atoms with E-state index in [2.05, 4.69) is 16.7 Å². The molecule has 1 heterocycles. The summed E-state index contributed by atoms with van der Waals surface area (Å²) >= 11 is 6.07. The SMILES string of the molecule is CCN1CCCC1CN(C)CC(=O)c1ccccc1Cl. The standard InChI is InChI=1S/C16H23ClN2O/c1-3-19-10-6-7-13(19)11-18(2)12-16(20)14-8-4-5-9-15(14)17/h4-5,8-9,13H,3,6-7,10-12H2,1-2H3. The zero-order chi connectivity index (χ0) is 14.5. The summed E-state index contributed by atoms with van der Waals surface area (Å²) in [6.07, 6.45) is 2.50. The van der Waals surface area contributed by atoms with Crippen LogP contribution in [0, 0.1) is 0 Å². The minimum Gasteiger partial charge on any atom is -0.299 e. The first kappa shape index (κ1) is 15.5. The third-order valence-electron chi connectivity index (χ3n) is 4.02. The quantitative estimate of drug-likeness (QED) is 0.754. The monoisotopic (exact) mass is 294 g/mol. The van der Waals surface area contributed by atoms with Crippen LogP contribution >= 0.6 is 11.6 Å². The van der Waals surface area contributed by atoms with Gasteiger partial charge in [-0.1, -0.05) is 30.7 Å². The maximum atomic E-state index is 12.3. The van der Waals surface area contributed by atoms with Gasteiger partial charge in [0.25, 0.3) is 0 Å². The normalized spacial score (nSPS) is 19.7. The molecule has 0 aliphatic carbocycles. The van der Waals surface area contributed by atoms with Crippen molar-refractivity contribution in [3.63, 3.8) is 0 Å². The van der Waals surface area contributed by atoms with E-state index < -0.39 is 0 Å². The molecule has 20 heavy (non-hydrogen) atoms. The summed E-state index contributed by atoms with van der Waals surface area (Å²) in [5, 5.41) is 0.543. The molecule has 0 bridgehead atoms. The maximum Gasteiger partial charge on any atom is 0.178 e. The van der Waals surface area contributed by atoms with Crippen molar-refractivity contribution < 1.29 is 4.79 Å². The zero-order valence-corrected chi connectivity index (χ0v) is 13.1. The highest BCUT2D eigenvalue weighted by molar-refractivity contribution is 6.34. The third-order valence-corrected chi connectivity index (χ3v) is 4.35. The maximum absolute atomic E-state index is 12.3. The number of benzene rings is 1. The molecule has 0 N–H and O–H groups in total. The van der Waals surface area contributed by atoms with E-state index >= 15 is 0 Å². The molecule has 1 aliphatic heterocycles. The van der Waals surface area contributed by atoms with Gasteiger partial charge in [-0.15, -0.1) is 0 Å². The number of nitrogens with zero attached hydrogens (tertiary/aromatic N) is 2. The van der Waals surface area contributed by atoms with E-state index in [9.17, 15) is 4.79 Å². The van der Waals surface area contributed by atoms with Crippen LogP contribution in [0.5, 0.6) is 0 Å². The summed E-state index contributed by atoms with van der Waals surface area (Å²) in [6.45, 7) is 5.86. The molecule has 1 saturated heterocycles. The Morgan fingerprint density at radius 1 is 1.45 bits per heavy atom. The topological polar surface area (TPSA) is 23.6 Å². The second-order valence-electron chi connectivity index (χ2n) is 5.52. The minimum absolute atomic E-state index is 0.0964. The van der Waals surface area contributed by atoms with Gasteiger partial charge in [0.05, 0.1) is 11.6 Å². The van der Waals surface area contributed by atoms with Crippen LogP contribution in [0.1, 0.15) is 30.1 Å². The molecule has 0 saturated carbocycles. The highest BCUT2D eigenvalue weighted by Crippen LogP contribution is 2.18. The van der Waals surface area contributed by atoms with Crippen molar-refractivity contribution >= 4 is 17.4 Å². The van der Waals surface area contributed by atoms with E-state index in [-0.39, 0.29) is 5.78 Å². The van der Waals surface area contributed by atoms with Crippen LogP contribution in [0.15, 0.2) is 24.3 Å². The summed E-state index contributed by atoms with van der Waals surface area (Å²) in [4.78, 5) is 16.9. The van der Waals surface area contributed by atoms with Gasteiger partial charge in [-0.2, -0.15) is 0 Å². The molecule has 0 radical (unpaired) electrons. The largest absolute Gasteiger partial charge is 0.299 e. The second-order valence-corrected chi connectivity index (χ2v) is 5.93. The molecular weight excluding hydrogens is 272 g/mol. The smallest absolute Gasteiger partial charge is 0.178 e. The lowest BCUT2D eigenvalue weighted by atomic mass is 10.1. The van der Waals surface area contributed by atoms with Crippen molar-refractivity contribution in [2.24, 2.45) is 0 Å². The summed E-state index contributed by atoms with van der Waals surface area (Å²) < 4.78 is 0. The zero-order valence-electron chi connectivity index (χ0n) is 12.3. The summed E-state index contributed by atoms with van der Waals surface area (Å²) in [5.74, 6) is 0.0964. The summed E-state index contributed by atoms with van der Waals surface area (Å²) in [5.41, 5.74) is 0.625. The number of halogens is 1. The van der Waals surface area contributed by atoms with Gasteiger partial charge in [-0.05, 0) is 45.1 Å². The van der Waals surface area contributed by atoms with Gasteiger partial charge in [0.2, 0.25) is 0 Å². The first-order valence-electron chi connectivity index (χ1n) is 7.32. The number of hydrogen-bond donors (Lipinski definition) is 0. The number of ketones is 1. The Morgan fingerprint density at radius 2 is 2.20 bits per heavy atom. The molecule has 1 aliphatic rings. The van der Waals surface area contributed by atoms with Gasteiger partial charge < -0.3 is 0 Å². The molecule has 1 aromatic rings. The molecule has 1 atom stereocenters. The Bertz CT molecular complexity index is 464. The molecule has 3 nitrogen and oxygen atoms in total. The van der Waals surface area contributed by atoms with Gasteiger partial charge in [0.15, 0.2) is 5.78 Å². The Morgan fingerprint density at radius 3 is 2.90 bits per heavy atom. The van der Waals surface area contributed by atoms with Crippen LogP contribution in [-0.2, 0) is 0 Å². The van der Waals surface area contributed by atoms with E-state index in [4.69, 9.17) is 11.6 Å². The predicted octanol–water partition coefficient (Wildman–Crippen LogP) is 2.94. The molecule has 0 amide bonds. The highest BCUT2D eigenvalue weighted by atomic mass is 35.5. The van der Waals surface area contributed by atoms with E-state index in [1.807, 2.05) is 19.2 Å². The number of Topliss-reactive ketones (excluding diaryl/α,β-unsaturated/α-hetero) is 1. The molecule has 0 spiro atoms. The van der Waals surface area contributed by atoms with Crippen LogP contribution in [0.4, 0.5) is 0 Å². The Hall–Kier alpha value is -0.900. The van der Waals surface area contributed by atoms with E-state index in [0.717, 1.165) is 13.1 Å². The number of rotatable bonds is 6. The van der Waals surface area contributed by atoms with Crippen LogP contribution in [0.25, 0.3) is 0 Å². The lowest BCUT2D eigenvalue weighted by Gasteiger charge is -2.27. The van der Waals surface area contributed by atoms with Gasteiger partial charge in [0, 0.05) is 18.2 Å². The molecular formula is C16H23ClN2O. The Kier molecular flexibility index (Phi) is 5.58. The Labute approximate surface area is 126 Å². The number of carbonyl (C=O) groups is 1. The molecule has 1 aromatic carbocycles. The van der Waals surface area contributed by atoms with Crippen molar-refractivity contribution in [2.75, 3.05) is 33.2 Å². The third kappa shape index (κ3) is 3.81. The molecule has 2 rings (SSSR count). The fourth-order valence-corrected chi connectivity index (χ4v) is 3.20. The van der Waals surface area contributed by atoms with Crippen molar-refractivity contribution in [3.05, 3.63) is 34.9 Å². The Balaban J connectivity index is 1.90. The number of hydrogen-bond acceptors (Lipinski definition) is 3. The van der Waals surface area contributed by atoms with Crippen molar-refractivity contribution in [1.82, 2.24) is 9.80 Å². The van der Waals surface area contributed by atoms with Gasteiger partial charge in [-0.3, -0.25) is 14.6 Å². The second kappa shape index (κ2) is 7.21. The lowest BCUT2D eigenvalue weighted by molar-refractivity contribution is 0.0929. The van der Waals surface area contributed by atoms with Crippen molar-refractivity contribution in [2.45, 2.75) is 25.8 Å². The minimum atomic E-state index is 0.0964. The summed E-state index contributed by atoms with van der Waals surface area (Å²) in [7, 11) is 2.01. The van der Waals surface area contributed by atoms with Gasteiger partial charge >= 0.3 is 0 Å². The number of likely N-dealkylation sites (tertiary alicyclic amines) is 1. The molecule has 1 unspecified atom stereocenters. The van der Waals surface area contributed by atoms with Crippen LogP contribution < -0.4 is 0 Å². The fraction of sp³-hybridized carbons (Fsp3) is 0.562. The van der Waals surface area contributed by atoms with Crippen molar-refractivity contribution in [1.29, 1.82) is 0 Å². The van der Waals surface area contributed by atoms with E-state index in [0.29, 0.717) is 23.2 Å². The molecule has 4 heteroatoms. The predicted molar refractivity (Wildman–Crippen MR) is 83.5 cm³/mol. The number of likely N-dealkylation sites (N-methyl/N-ethyl adjacent to an activating group) is 2. The van der Waals surface area contributed by atoms with Gasteiger partial charge in [0.1, 0.15) is 0 Å². The van der Waals surface area contributed by atoms with Crippen molar-refractivity contribution in [3.8, 4) is 0 Å². The van der Waals surface area contributed by atoms with Crippen LogP contribution in [-0.4, -0.2) is 54.9 Å². The lowest BCUT2D eigenvalue weighted by Crippen LogP contribution is -2.40. The van der Waals surface area contributed by atoms with Gasteiger partial charge in [-0.25, -0.2) is 0 Å². The van der Waals surface area contributed by atoms with E-state index in [1.165, 1.54) is 19.4 Å². The first-order chi connectivity index (χ1) is 9.61. The van der Waals surface area contributed by atoms with Crippen LogP contribution in [0.3, 0.4) is 0 Å². The molecule has 110 valence electrons. The van der Waals surface area contributed by atoms with E-state index in [1.54, 1.807) is 12.1 Å². The van der Waals surface area contributed by atoms with Crippen LogP contribution in [0.2, 0.25) is 5.02 Å². The molecule has 0 aromatic heterocycles. The molecule has 1 fully saturated rings. The average molecular weight is 295 g/mol. The fourth-order valence-electron chi connectivity index (χ4n) is 2.96. The number of carbonyl (C=O) groups excluding carboxylic acids is 1. The average Bonchev–Trinajstić information content (AvgIpc) is 2.86. The highest BCUT2D eigenvalue weighted by Gasteiger charge is 2.24. The first-order valence-corrected chi connectivity index (χ1v) is 7.70. The summed E-state index contributed by atoms with van der Waals surface area (Å²) in [6, 6.07) is 7.86.